The highest BCUT2D eigenvalue weighted by atomic mass is 35.5. The molecule has 39 heavy (non-hydrogen) atoms. The van der Waals surface area contributed by atoms with E-state index in [1.54, 1.807) is 29.2 Å². The number of nitro benzene ring substituents is 1. The molecule has 1 aromatic heterocycles. The lowest BCUT2D eigenvalue weighted by atomic mass is 10.0. The lowest BCUT2D eigenvalue weighted by Gasteiger charge is -2.24. The Morgan fingerprint density at radius 2 is 2.05 bits per heavy atom. The van der Waals surface area contributed by atoms with Crippen molar-refractivity contribution in [2.24, 2.45) is 0 Å². The molecule has 4 aromatic rings. The van der Waals surface area contributed by atoms with E-state index in [2.05, 4.69) is 21.2 Å². The lowest BCUT2D eigenvalue weighted by Crippen LogP contribution is -2.26. The number of carbonyl (C=O) groups is 1. The van der Waals surface area contributed by atoms with Gasteiger partial charge in [0.2, 0.25) is 0 Å². The SMILES string of the molecule is C#CCN(Cc1cc2c(=O)[nH]c(CCl)nc2cc1C)c1ccc(C(=O)NCc2cccc([N+](=O)[O-])c2)c(F)c1. The van der Waals surface area contributed by atoms with Crippen LogP contribution in [0.2, 0.25) is 0 Å². The maximum atomic E-state index is 15.1. The van der Waals surface area contributed by atoms with Gasteiger partial charge in [0.1, 0.15) is 11.6 Å². The Hall–Kier alpha value is -4.75. The van der Waals surface area contributed by atoms with E-state index in [0.29, 0.717) is 28.0 Å². The maximum absolute atomic E-state index is 15.1. The first-order chi connectivity index (χ1) is 18.7. The van der Waals surface area contributed by atoms with Gasteiger partial charge in [0.05, 0.1) is 33.8 Å². The molecule has 0 unspecified atom stereocenters. The van der Waals surface area contributed by atoms with Gasteiger partial charge < -0.3 is 15.2 Å². The number of anilines is 1. The fourth-order valence-electron chi connectivity index (χ4n) is 4.11. The second-order valence-corrected chi connectivity index (χ2v) is 9.04. The summed E-state index contributed by atoms with van der Waals surface area (Å²) >= 11 is 5.81. The molecule has 1 heterocycles. The minimum atomic E-state index is -0.754. The van der Waals surface area contributed by atoms with Gasteiger partial charge in [0, 0.05) is 30.9 Å². The van der Waals surface area contributed by atoms with Crippen LogP contribution in [0, 0.1) is 35.2 Å². The summed E-state index contributed by atoms with van der Waals surface area (Å²) in [6, 6.07) is 13.5. The normalized spacial score (nSPS) is 10.7. The molecule has 1 amide bonds. The molecule has 0 radical (unpaired) electrons. The first-order valence-corrected chi connectivity index (χ1v) is 12.3. The molecule has 0 bridgehead atoms. The Labute approximate surface area is 227 Å². The van der Waals surface area contributed by atoms with E-state index in [-0.39, 0.29) is 42.3 Å². The van der Waals surface area contributed by atoms with Crippen molar-refractivity contribution in [2.45, 2.75) is 25.9 Å². The molecular formula is C28H23ClFN5O4. The number of amides is 1. The van der Waals surface area contributed by atoms with E-state index >= 15 is 4.39 Å². The van der Waals surface area contributed by atoms with E-state index in [0.717, 1.165) is 11.1 Å². The Balaban J connectivity index is 1.54. The highest BCUT2D eigenvalue weighted by Gasteiger charge is 2.17. The third kappa shape index (κ3) is 6.22. The van der Waals surface area contributed by atoms with Gasteiger partial charge in [-0.15, -0.1) is 18.0 Å². The zero-order chi connectivity index (χ0) is 28.1. The summed E-state index contributed by atoms with van der Waals surface area (Å²) < 4.78 is 15.1. The number of terminal acetylenes is 1. The van der Waals surface area contributed by atoms with Crippen LogP contribution in [0.15, 0.2) is 59.4 Å². The molecule has 2 N–H and O–H groups in total. The van der Waals surface area contributed by atoms with Crippen molar-refractivity contribution in [1.82, 2.24) is 15.3 Å². The van der Waals surface area contributed by atoms with Gasteiger partial charge in [-0.25, -0.2) is 9.37 Å². The van der Waals surface area contributed by atoms with Crippen LogP contribution in [-0.2, 0) is 19.0 Å². The van der Waals surface area contributed by atoms with E-state index in [1.807, 2.05) is 6.92 Å². The Bertz CT molecular complexity index is 1680. The van der Waals surface area contributed by atoms with Gasteiger partial charge in [-0.2, -0.15) is 0 Å². The fraction of sp³-hybridized carbons (Fsp3) is 0.179. The van der Waals surface area contributed by atoms with Crippen molar-refractivity contribution in [3.63, 3.8) is 0 Å². The second-order valence-electron chi connectivity index (χ2n) is 8.78. The van der Waals surface area contributed by atoms with Crippen LogP contribution in [0.4, 0.5) is 15.8 Å². The monoisotopic (exact) mass is 547 g/mol. The number of alkyl halides is 1. The van der Waals surface area contributed by atoms with Gasteiger partial charge in [-0.05, 0) is 53.9 Å². The van der Waals surface area contributed by atoms with Crippen LogP contribution >= 0.6 is 11.6 Å². The largest absolute Gasteiger partial charge is 0.356 e. The minimum absolute atomic E-state index is 0.00740. The number of carbonyl (C=O) groups excluding carboxylic acids is 1. The van der Waals surface area contributed by atoms with E-state index in [1.165, 1.54) is 30.3 Å². The topological polar surface area (TPSA) is 121 Å². The highest BCUT2D eigenvalue weighted by Crippen LogP contribution is 2.24. The van der Waals surface area contributed by atoms with Crippen molar-refractivity contribution in [3.8, 4) is 12.3 Å². The number of aryl methyl sites for hydroxylation is 1. The quantitative estimate of drug-likeness (QED) is 0.137. The van der Waals surface area contributed by atoms with Crippen LogP contribution < -0.4 is 15.8 Å². The van der Waals surface area contributed by atoms with Crippen LogP contribution in [-0.4, -0.2) is 27.3 Å². The Morgan fingerprint density at radius 3 is 2.74 bits per heavy atom. The summed E-state index contributed by atoms with van der Waals surface area (Å²) in [7, 11) is 0. The number of non-ortho nitro benzene ring substituents is 1. The summed E-state index contributed by atoms with van der Waals surface area (Å²) in [4.78, 5) is 44.3. The molecule has 11 heteroatoms. The van der Waals surface area contributed by atoms with Gasteiger partial charge in [0.25, 0.3) is 17.2 Å². The third-order valence-corrected chi connectivity index (χ3v) is 6.37. The van der Waals surface area contributed by atoms with Crippen molar-refractivity contribution in [1.29, 1.82) is 0 Å². The van der Waals surface area contributed by atoms with Crippen LogP contribution in [0.3, 0.4) is 0 Å². The zero-order valence-corrected chi connectivity index (χ0v) is 21.6. The van der Waals surface area contributed by atoms with Crippen LogP contribution in [0.5, 0.6) is 0 Å². The number of benzene rings is 3. The summed E-state index contributed by atoms with van der Waals surface area (Å²) in [5, 5.41) is 13.9. The summed E-state index contributed by atoms with van der Waals surface area (Å²) in [5.41, 5.74) is 2.53. The summed E-state index contributed by atoms with van der Waals surface area (Å²) in [6.07, 6.45) is 5.58. The average Bonchev–Trinajstić information content (AvgIpc) is 2.92. The van der Waals surface area contributed by atoms with Crippen molar-refractivity contribution < 1.29 is 14.1 Å². The number of nitro groups is 1. The van der Waals surface area contributed by atoms with Crippen LogP contribution in [0.25, 0.3) is 10.9 Å². The number of nitrogens with one attached hydrogen (secondary N) is 2. The van der Waals surface area contributed by atoms with Crippen molar-refractivity contribution in [2.75, 3.05) is 11.4 Å². The predicted octanol–water partition coefficient (Wildman–Crippen LogP) is 4.59. The molecule has 0 aliphatic rings. The number of hydrogen-bond acceptors (Lipinski definition) is 6. The standard InChI is InChI=1S/C28H23ClFN5O4/c1-3-9-34(16-19-12-23-25(10-17(19)2)32-26(14-29)33-28(23)37)20-7-8-22(24(30)13-20)27(36)31-15-18-5-4-6-21(11-18)35(38)39/h1,4-8,10-13H,9,14-16H2,2H3,(H,31,36)(H,32,33,37). The predicted molar refractivity (Wildman–Crippen MR) is 147 cm³/mol. The van der Waals surface area contributed by atoms with Crippen molar-refractivity contribution in [3.05, 3.63) is 109 Å². The zero-order valence-electron chi connectivity index (χ0n) is 20.8. The van der Waals surface area contributed by atoms with Gasteiger partial charge in [0.15, 0.2) is 0 Å². The molecule has 9 nitrogen and oxygen atoms in total. The molecule has 198 valence electrons. The van der Waals surface area contributed by atoms with Gasteiger partial charge >= 0.3 is 0 Å². The molecule has 0 aliphatic carbocycles. The van der Waals surface area contributed by atoms with Crippen molar-refractivity contribution >= 4 is 39.8 Å². The molecule has 0 aliphatic heterocycles. The molecule has 0 atom stereocenters. The smallest absolute Gasteiger partial charge is 0.269 e. The summed E-state index contributed by atoms with van der Waals surface area (Å²) in [6.45, 7) is 2.30. The second kappa shape index (κ2) is 11.8. The lowest BCUT2D eigenvalue weighted by molar-refractivity contribution is -0.384. The molecular weight excluding hydrogens is 525 g/mol. The molecule has 3 aromatic carbocycles. The first kappa shape index (κ1) is 27.3. The number of aromatic amines is 1. The number of rotatable bonds is 9. The average molecular weight is 548 g/mol. The van der Waals surface area contributed by atoms with E-state index in [9.17, 15) is 19.7 Å². The number of H-pyrrole nitrogens is 1. The van der Waals surface area contributed by atoms with Gasteiger partial charge in [-0.3, -0.25) is 19.7 Å². The molecule has 0 saturated heterocycles. The Kier molecular flexibility index (Phi) is 8.22. The highest BCUT2D eigenvalue weighted by molar-refractivity contribution is 6.16. The number of aromatic nitrogens is 2. The van der Waals surface area contributed by atoms with E-state index in [4.69, 9.17) is 18.0 Å². The minimum Gasteiger partial charge on any atom is -0.356 e. The molecule has 0 saturated carbocycles. The first-order valence-electron chi connectivity index (χ1n) is 11.8. The van der Waals surface area contributed by atoms with Crippen LogP contribution in [0.1, 0.15) is 32.9 Å². The maximum Gasteiger partial charge on any atom is 0.269 e. The van der Waals surface area contributed by atoms with Gasteiger partial charge in [-0.1, -0.05) is 18.1 Å². The number of nitrogens with zero attached hydrogens (tertiary/aromatic N) is 3. The fourth-order valence-corrected chi connectivity index (χ4v) is 4.24. The molecule has 4 rings (SSSR count). The third-order valence-electron chi connectivity index (χ3n) is 6.12. The number of hydrogen-bond donors (Lipinski definition) is 2. The molecule has 0 fully saturated rings. The Morgan fingerprint density at radius 1 is 1.26 bits per heavy atom. The molecule has 0 spiro atoms. The number of halogens is 2. The summed E-state index contributed by atoms with van der Waals surface area (Å²) in [5.74, 6) is 1.59. The van der Waals surface area contributed by atoms with E-state index < -0.39 is 16.6 Å². The number of fused-ring (bicyclic) bond motifs is 1.